The summed E-state index contributed by atoms with van der Waals surface area (Å²) in [6, 6.07) is 6.63. The molecule has 1 aromatic carbocycles. The smallest absolute Gasteiger partial charge is 0.145 e. The van der Waals surface area contributed by atoms with Crippen molar-refractivity contribution in [2.45, 2.75) is 18.5 Å². The van der Waals surface area contributed by atoms with Crippen LogP contribution in [0.25, 0.3) is 10.8 Å². The van der Waals surface area contributed by atoms with Crippen LogP contribution in [0.3, 0.4) is 0 Å². The number of pyridine rings is 1. The van der Waals surface area contributed by atoms with Gasteiger partial charge in [0.25, 0.3) is 0 Å². The molecule has 0 aliphatic heterocycles. The van der Waals surface area contributed by atoms with Gasteiger partial charge in [-0.25, -0.2) is 9.37 Å². The van der Waals surface area contributed by atoms with Gasteiger partial charge in [0.15, 0.2) is 0 Å². The zero-order chi connectivity index (χ0) is 13.7. The van der Waals surface area contributed by atoms with E-state index in [0.717, 1.165) is 10.8 Å². The van der Waals surface area contributed by atoms with Crippen LogP contribution >= 0.6 is 11.6 Å². The van der Waals surface area contributed by atoms with Crippen LogP contribution in [0.5, 0.6) is 5.75 Å². The summed E-state index contributed by atoms with van der Waals surface area (Å²) in [7, 11) is 0. The first-order valence-corrected chi connectivity index (χ1v) is 5.71. The zero-order valence-corrected chi connectivity index (χ0v) is 9.67. The highest BCUT2D eigenvalue weighted by Gasteiger charge is 2.44. The molecular formula is C13H11ClFNO. The molecule has 2 nitrogen and oxygen atoms in total. The van der Waals surface area contributed by atoms with Gasteiger partial charge in [0.2, 0.25) is 0 Å². The first-order valence-electron chi connectivity index (χ1n) is 6.34. The van der Waals surface area contributed by atoms with Gasteiger partial charge < -0.3 is 4.74 Å². The lowest BCUT2D eigenvalue weighted by molar-refractivity contribution is 0.178. The van der Waals surface area contributed by atoms with Crippen LogP contribution in [0.4, 0.5) is 4.39 Å². The largest absolute Gasteiger partial charge is 0.490 e. The van der Waals surface area contributed by atoms with Crippen molar-refractivity contribution in [1.29, 1.82) is 0 Å². The van der Waals surface area contributed by atoms with E-state index in [9.17, 15) is 4.39 Å². The molecule has 1 saturated carbocycles. The lowest BCUT2D eigenvalue weighted by atomic mass is 10.2. The van der Waals surface area contributed by atoms with E-state index in [-0.39, 0.29) is 18.6 Å². The summed E-state index contributed by atoms with van der Waals surface area (Å²) in [5, 5.41) is 1.90. The fourth-order valence-electron chi connectivity index (χ4n) is 1.54. The molecule has 1 aromatic heterocycles. The minimum Gasteiger partial charge on any atom is -0.490 e. The molecule has 1 aliphatic rings. The molecule has 1 heterocycles. The highest BCUT2D eigenvalue weighted by atomic mass is 35.5. The lowest BCUT2D eigenvalue weighted by Gasteiger charge is -2.09. The molecule has 0 amide bonds. The Morgan fingerprint density at radius 3 is 3.06 bits per heavy atom. The van der Waals surface area contributed by atoms with Crippen LogP contribution in [0.15, 0.2) is 30.5 Å². The van der Waals surface area contributed by atoms with Gasteiger partial charge in [-0.05, 0) is 42.5 Å². The number of hydrogen-bond acceptors (Lipinski definition) is 2. The maximum atomic E-state index is 13.8. The van der Waals surface area contributed by atoms with Gasteiger partial charge in [0.05, 0.1) is 2.74 Å². The molecule has 0 radical (unpaired) electrons. The predicted molar refractivity (Wildman–Crippen MR) is 65.3 cm³/mol. The van der Waals surface area contributed by atoms with Crippen LogP contribution < -0.4 is 4.74 Å². The molecule has 0 bridgehead atoms. The second kappa shape index (κ2) is 3.84. The molecule has 17 heavy (non-hydrogen) atoms. The Morgan fingerprint density at radius 1 is 1.47 bits per heavy atom. The molecule has 0 N–H and O–H groups in total. The summed E-state index contributed by atoms with van der Waals surface area (Å²) in [6.45, 7) is -2.31. The number of benzene rings is 1. The summed E-state index contributed by atoms with van der Waals surface area (Å²) in [5.74, 6) is 0.281. The molecule has 88 valence electrons. The average molecular weight is 254 g/mol. The summed E-state index contributed by atoms with van der Waals surface area (Å²) >= 11 is 5.94. The number of ether oxygens (including phenoxy) is 1. The minimum atomic E-state index is -2.31. The van der Waals surface area contributed by atoms with Crippen LogP contribution in [-0.4, -0.2) is 17.2 Å². The lowest BCUT2D eigenvalue weighted by Crippen LogP contribution is -2.13. The van der Waals surface area contributed by atoms with Crippen molar-refractivity contribution in [3.63, 3.8) is 0 Å². The molecule has 4 heteroatoms. The molecule has 0 saturated heterocycles. The van der Waals surface area contributed by atoms with Gasteiger partial charge in [0.1, 0.15) is 23.1 Å². The van der Waals surface area contributed by atoms with Crippen molar-refractivity contribution < 1.29 is 11.9 Å². The Morgan fingerprint density at radius 2 is 2.29 bits per heavy atom. The van der Waals surface area contributed by atoms with Gasteiger partial charge in [-0.3, -0.25) is 0 Å². The van der Waals surface area contributed by atoms with Gasteiger partial charge in [-0.1, -0.05) is 11.6 Å². The number of nitrogens with zero attached hydrogens (tertiary/aromatic N) is 1. The highest BCUT2D eigenvalue weighted by molar-refractivity contribution is 6.34. The van der Waals surface area contributed by atoms with E-state index in [4.69, 9.17) is 19.1 Å². The monoisotopic (exact) mass is 253 g/mol. The van der Waals surface area contributed by atoms with E-state index >= 15 is 0 Å². The summed E-state index contributed by atoms with van der Waals surface area (Å²) in [5.41, 5.74) is -1.86. The number of hydrogen-bond donors (Lipinski definition) is 0. The zero-order valence-electron chi connectivity index (χ0n) is 10.9. The van der Waals surface area contributed by atoms with Gasteiger partial charge >= 0.3 is 0 Å². The molecule has 0 spiro atoms. The Labute approximate surface area is 106 Å². The number of halogens is 2. The normalized spacial score (nSPS) is 19.6. The quantitative estimate of drug-likeness (QED) is 0.777. The number of fused-ring (bicyclic) bond motifs is 1. The molecular weight excluding hydrogens is 241 g/mol. The van der Waals surface area contributed by atoms with Crippen molar-refractivity contribution >= 4 is 22.4 Å². The second-order valence-corrected chi connectivity index (χ2v) is 4.51. The van der Waals surface area contributed by atoms with Crippen molar-refractivity contribution in [1.82, 2.24) is 4.98 Å². The first kappa shape index (κ1) is 8.70. The topological polar surface area (TPSA) is 22.1 Å². The van der Waals surface area contributed by atoms with Crippen molar-refractivity contribution in [2.24, 2.45) is 0 Å². The standard InChI is InChI=1S/C13H11ClFNO/c14-12-11-2-1-10(7-9(11)3-6-16-12)17-8-13(15)4-5-13/h1-3,6-7H,4-5,8H2/i8D2. The Balaban J connectivity index is 1.94. The van der Waals surface area contributed by atoms with E-state index in [1.54, 1.807) is 30.5 Å². The van der Waals surface area contributed by atoms with E-state index in [2.05, 4.69) is 4.98 Å². The second-order valence-electron chi connectivity index (χ2n) is 4.15. The molecule has 1 fully saturated rings. The third-order valence-corrected chi connectivity index (χ3v) is 3.03. The highest BCUT2D eigenvalue weighted by Crippen LogP contribution is 2.40. The van der Waals surface area contributed by atoms with Gasteiger partial charge in [-0.15, -0.1) is 0 Å². The maximum Gasteiger partial charge on any atom is 0.145 e. The Hall–Kier alpha value is -1.35. The SMILES string of the molecule is [2H]C([2H])(Oc1ccc2c(Cl)nccc2c1)C1(F)CC1. The third kappa shape index (κ3) is 2.20. The van der Waals surface area contributed by atoms with Crippen LogP contribution in [-0.2, 0) is 0 Å². The van der Waals surface area contributed by atoms with Crippen molar-refractivity contribution in [3.8, 4) is 5.75 Å². The third-order valence-electron chi connectivity index (χ3n) is 2.73. The maximum absolute atomic E-state index is 13.8. The first-order chi connectivity index (χ1) is 8.91. The minimum absolute atomic E-state index is 0.198. The Bertz CT molecular complexity index is 646. The van der Waals surface area contributed by atoms with Crippen molar-refractivity contribution in [3.05, 3.63) is 35.6 Å². The number of rotatable bonds is 3. The van der Waals surface area contributed by atoms with E-state index < -0.39 is 12.2 Å². The average Bonchev–Trinajstić information content (AvgIpc) is 3.09. The number of alkyl halides is 1. The van der Waals surface area contributed by atoms with Crippen LogP contribution in [0, 0.1) is 0 Å². The molecule has 2 aromatic rings. The van der Waals surface area contributed by atoms with E-state index in [1.165, 1.54) is 0 Å². The summed E-state index contributed by atoms with van der Waals surface area (Å²) in [6.07, 6.45) is 1.95. The van der Waals surface area contributed by atoms with Gasteiger partial charge in [-0.2, -0.15) is 0 Å². The Kier molecular flexibility index (Phi) is 1.97. The number of aromatic nitrogens is 1. The summed E-state index contributed by atoms with van der Waals surface area (Å²) < 4.78 is 34.3. The van der Waals surface area contributed by atoms with Crippen LogP contribution in [0.1, 0.15) is 15.6 Å². The summed E-state index contributed by atoms with van der Waals surface area (Å²) in [4.78, 5) is 3.95. The fourth-order valence-corrected chi connectivity index (χ4v) is 1.77. The van der Waals surface area contributed by atoms with Crippen LogP contribution in [0.2, 0.25) is 5.15 Å². The molecule has 0 atom stereocenters. The van der Waals surface area contributed by atoms with Gasteiger partial charge in [0, 0.05) is 11.6 Å². The van der Waals surface area contributed by atoms with E-state index in [1.807, 2.05) is 0 Å². The predicted octanol–water partition coefficient (Wildman–Crippen LogP) is 3.77. The molecule has 1 aliphatic carbocycles. The molecule has 0 unspecified atom stereocenters. The van der Waals surface area contributed by atoms with Crippen molar-refractivity contribution in [2.75, 3.05) is 6.56 Å². The van der Waals surface area contributed by atoms with E-state index in [0.29, 0.717) is 5.15 Å². The molecule has 3 rings (SSSR count). The fraction of sp³-hybridized carbons (Fsp3) is 0.308.